The van der Waals surface area contributed by atoms with Gasteiger partial charge in [0.1, 0.15) is 17.4 Å². The minimum absolute atomic E-state index is 0.0557. The minimum atomic E-state index is -0.418. The Morgan fingerprint density at radius 1 is 1.28 bits per heavy atom. The highest BCUT2D eigenvalue weighted by Gasteiger charge is 2.11. The predicted octanol–water partition coefficient (Wildman–Crippen LogP) is 4.93. The van der Waals surface area contributed by atoms with Crippen molar-refractivity contribution in [2.75, 3.05) is 11.9 Å². The zero-order chi connectivity index (χ0) is 18.2. The number of ether oxygens (including phenoxy) is 1. The van der Waals surface area contributed by atoms with Crippen molar-refractivity contribution in [1.29, 1.82) is 5.26 Å². The molecule has 1 N–H and O–H groups in total. The predicted molar refractivity (Wildman–Crippen MR) is 108 cm³/mol. The second-order valence-electron chi connectivity index (χ2n) is 5.50. The fraction of sp³-hybridized carbons (Fsp3) is 0.200. The summed E-state index contributed by atoms with van der Waals surface area (Å²) in [4.78, 5) is 12.4. The standard InChI is InChI=1S/C20H19IN2O2/c1-3-10-25-18-7-4-15(5-8-18)12-16(13-22)20(24)23-19-9-6-17(21)11-14(19)2/h4-9,11-12H,3,10H2,1-2H3,(H,23,24). The Morgan fingerprint density at radius 2 is 2.00 bits per heavy atom. The number of nitrogens with zero attached hydrogens (tertiary/aromatic N) is 1. The fourth-order valence-electron chi connectivity index (χ4n) is 2.15. The van der Waals surface area contributed by atoms with Crippen molar-refractivity contribution in [3.05, 3.63) is 62.7 Å². The third-order valence-electron chi connectivity index (χ3n) is 3.47. The second kappa shape index (κ2) is 9.23. The number of aryl methyl sites for hydroxylation is 1. The Balaban J connectivity index is 2.13. The van der Waals surface area contributed by atoms with Crippen molar-refractivity contribution >= 4 is 40.3 Å². The molecule has 0 atom stereocenters. The number of amides is 1. The van der Waals surface area contributed by atoms with Crippen LogP contribution in [0.2, 0.25) is 0 Å². The van der Waals surface area contributed by atoms with Crippen LogP contribution in [0, 0.1) is 21.8 Å². The number of hydrogen-bond acceptors (Lipinski definition) is 3. The van der Waals surface area contributed by atoms with E-state index in [1.54, 1.807) is 6.08 Å². The molecule has 0 saturated carbocycles. The highest BCUT2D eigenvalue weighted by molar-refractivity contribution is 14.1. The first-order valence-corrected chi connectivity index (χ1v) is 9.03. The van der Waals surface area contributed by atoms with Crippen LogP contribution in [0.5, 0.6) is 5.75 Å². The van der Waals surface area contributed by atoms with Gasteiger partial charge in [-0.1, -0.05) is 19.1 Å². The molecule has 0 heterocycles. The summed E-state index contributed by atoms with van der Waals surface area (Å²) in [5, 5.41) is 12.1. The van der Waals surface area contributed by atoms with Crippen LogP contribution in [0.25, 0.3) is 6.08 Å². The maximum Gasteiger partial charge on any atom is 0.266 e. The van der Waals surface area contributed by atoms with Crippen molar-refractivity contribution in [1.82, 2.24) is 0 Å². The van der Waals surface area contributed by atoms with Crippen molar-refractivity contribution < 1.29 is 9.53 Å². The Bertz CT molecular complexity index is 821. The summed E-state index contributed by atoms with van der Waals surface area (Å²) in [6.07, 6.45) is 2.51. The number of nitrogens with one attached hydrogen (secondary N) is 1. The van der Waals surface area contributed by atoms with Gasteiger partial charge < -0.3 is 10.1 Å². The van der Waals surface area contributed by atoms with Gasteiger partial charge in [0, 0.05) is 9.26 Å². The highest BCUT2D eigenvalue weighted by atomic mass is 127. The molecule has 128 valence electrons. The molecule has 0 aliphatic carbocycles. The largest absolute Gasteiger partial charge is 0.494 e. The number of halogens is 1. The summed E-state index contributed by atoms with van der Waals surface area (Å²) in [5.74, 6) is 0.356. The molecule has 0 aliphatic rings. The van der Waals surface area contributed by atoms with Gasteiger partial charge in [-0.2, -0.15) is 5.26 Å². The van der Waals surface area contributed by atoms with E-state index in [4.69, 9.17) is 4.74 Å². The first-order valence-electron chi connectivity index (χ1n) is 7.95. The van der Waals surface area contributed by atoms with E-state index in [1.165, 1.54) is 0 Å². The third-order valence-corrected chi connectivity index (χ3v) is 4.14. The SMILES string of the molecule is CCCOc1ccc(C=C(C#N)C(=O)Nc2ccc(I)cc2C)cc1. The van der Waals surface area contributed by atoms with Gasteiger partial charge in [0.25, 0.3) is 5.91 Å². The zero-order valence-electron chi connectivity index (χ0n) is 14.2. The van der Waals surface area contributed by atoms with Gasteiger partial charge in [0.2, 0.25) is 0 Å². The maximum atomic E-state index is 12.4. The van der Waals surface area contributed by atoms with Crippen molar-refractivity contribution in [3.63, 3.8) is 0 Å². The lowest BCUT2D eigenvalue weighted by molar-refractivity contribution is -0.112. The molecule has 0 saturated heterocycles. The maximum absolute atomic E-state index is 12.4. The molecule has 4 nitrogen and oxygen atoms in total. The Morgan fingerprint density at radius 3 is 2.60 bits per heavy atom. The lowest BCUT2D eigenvalue weighted by atomic mass is 10.1. The molecule has 1 amide bonds. The van der Waals surface area contributed by atoms with E-state index in [-0.39, 0.29) is 5.57 Å². The molecular weight excluding hydrogens is 427 g/mol. The monoisotopic (exact) mass is 446 g/mol. The zero-order valence-corrected chi connectivity index (χ0v) is 16.3. The van der Waals surface area contributed by atoms with Crippen molar-refractivity contribution in [2.45, 2.75) is 20.3 Å². The first kappa shape index (κ1) is 19.0. The van der Waals surface area contributed by atoms with Crippen LogP contribution in [0.3, 0.4) is 0 Å². The molecule has 0 unspecified atom stereocenters. The van der Waals surface area contributed by atoms with Crippen LogP contribution in [0.1, 0.15) is 24.5 Å². The summed E-state index contributed by atoms with van der Waals surface area (Å²) in [6.45, 7) is 4.63. The number of anilines is 1. The molecule has 0 bridgehead atoms. The summed E-state index contributed by atoms with van der Waals surface area (Å²) in [6, 6.07) is 15.0. The average molecular weight is 446 g/mol. The molecule has 0 spiro atoms. The lowest BCUT2D eigenvalue weighted by Gasteiger charge is -2.08. The molecule has 2 aromatic rings. The molecule has 5 heteroatoms. The van der Waals surface area contributed by atoms with Crippen LogP contribution in [-0.2, 0) is 4.79 Å². The van der Waals surface area contributed by atoms with Crippen LogP contribution >= 0.6 is 22.6 Å². The van der Waals surface area contributed by atoms with Gasteiger partial charge in [0.15, 0.2) is 0 Å². The van der Waals surface area contributed by atoms with E-state index in [0.29, 0.717) is 12.3 Å². The highest BCUT2D eigenvalue weighted by Crippen LogP contribution is 2.19. The van der Waals surface area contributed by atoms with Gasteiger partial charge in [-0.05, 0) is 83.5 Å². The molecule has 2 rings (SSSR count). The Labute approximate surface area is 161 Å². The molecule has 25 heavy (non-hydrogen) atoms. The number of nitriles is 1. The van der Waals surface area contributed by atoms with Crippen LogP contribution in [-0.4, -0.2) is 12.5 Å². The minimum Gasteiger partial charge on any atom is -0.494 e. The molecule has 0 aliphatic heterocycles. The molecular formula is C20H19IN2O2. The van der Waals surface area contributed by atoms with E-state index in [1.807, 2.05) is 62.4 Å². The number of rotatable bonds is 6. The first-order chi connectivity index (χ1) is 12.0. The number of carbonyl (C=O) groups is 1. The normalized spacial score (nSPS) is 10.9. The second-order valence-corrected chi connectivity index (χ2v) is 6.75. The van der Waals surface area contributed by atoms with Crippen LogP contribution < -0.4 is 10.1 Å². The number of carbonyl (C=O) groups excluding carboxylic acids is 1. The average Bonchev–Trinajstić information content (AvgIpc) is 2.61. The lowest BCUT2D eigenvalue weighted by Crippen LogP contribution is -2.14. The molecule has 0 fully saturated rings. The van der Waals surface area contributed by atoms with E-state index in [2.05, 4.69) is 27.9 Å². The quantitative estimate of drug-likeness (QED) is 0.389. The van der Waals surface area contributed by atoms with Crippen LogP contribution in [0.15, 0.2) is 48.0 Å². The van der Waals surface area contributed by atoms with E-state index in [0.717, 1.165) is 26.9 Å². The van der Waals surface area contributed by atoms with Crippen molar-refractivity contribution in [3.8, 4) is 11.8 Å². The van der Waals surface area contributed by atoms with Gasteiger partial charge in [-0.15, -0.1) is 0 Å². The van der Waals surface area contributed by atoms with Gasteiger partial charge in [0.05, 0.1) is 6.61 Å². The molecule has 0 radical (unpaired) electrons. The van der Waals surface area contributed by atoms with E-state index < -0.39 is 5.91 Å². The van der Waals surface area contributed by atoms with E-state index in [9.17, 15) is 10.1 Å². The van der Waals surface area contributed by atoms with Crippen molar-refractivity contribution in [2.24, 2.45) is 0 Å². The topological polar surface area (TPSA) is 62.1 Å². The third kappa shape index (κ3) is 5.61. The summed E-state index contributed by atoms with van der Waals surface area (Å²) in [7, 11) is 0. The summed E-state index contributed by atoms with van der Waals surface area (Å²) < 4.78 is 6.62. The molecule has 0 aromatic heterocycles. The van der Waals surface area contributed by atoms with Crippen LogP contribution in [0.4, 0.5) is 5.69 Å². The van der Waals surface area contributed by atoms with Gasteiger partial charge >= 0.3 is 0 Å². The smallest absolute Gasteiger partial charge is 0.266 e. The summed E-state index contributed by atoms with van der Waals surface area (Å²) >= 11 is 2.22. The summed E-state index contributed by atoms with van der Waals surface area (Å²) in [5.41, 5.74) is 2.49. The fourth-order valence-corrected chi connectivity index (χ4v) is 2.80. The van der Waals surface area contributed by atoms with E-state index >= 15 is 0 Å². The Kier molecular flexibility index (Phi) is 7.02. The van der Waals surface area contributed by atoms with Gasteiger partial charge in [-0.25, -0.2) is 0 Å². The Hall–Kier alpha value is -2.33. The molecule has 2 aromatic carbocycles. The number of hydrogen-bond donors (Lipinski definition) is 1. The van der Waals surface area contributed by atoms with Gasteiger partial charge in [-0.3, -0.25) is 4.79 Å². The number of benzene rings is 2.